The SMILES string of the molecule is CC[C@H](Cc1ccc(-c2cccc(S(=O)(=O)N(C)CC(O)CNC(C)(C)CC3Cc4ccccc4C3)c2)cc1)C(=O)O. The number of carboxylic acid groups (broad SMARTS) is 1. The van der Waals surface area contributed by atoms with Gasteiger partial charge in [0.2, 0.25) is 10.0 Å². The van der Waals surface area contributed by atoms with Gasteiger partial charge in [-0.1, -0.05) is 67.6 Å². The first-order valence-electron chi connectivity index (χ1n) is 14.8. The molecular weight excluding hydrogens is 548 g/mol. The van der Waals surface area contributed by atoms with Crippen LogP contribution in [0, 0.1) is 11.8 Å². The summed E-state index contributed by atoms with van der Waals surface area (Å²) in [6, 6.07) is 22.9. The van der Waals surface area contributed by atoms with Crippen molar-refractivity contribution in [1.29, 1.82) is 0 Å². The van der Waals surface area contributed by atoms with E-state index in [4.69, 9.17) is 0 Å². The highest BCUT2D eigenvalue weighted by Gasteiger charge is 2.29. The summed E-state index contributed by atoms with van der Waals surface area (Å²) >= 11 is 0. The minimum absolute atomic E-state index is 0.0264. The van der Waals surface area contributed by atoms with Crippen LogP contribution in [0.3, 0.4) is 0 Å². The number of hydrogen-bond acceptors (Lipinski definition) is 5. The third kappa shape index (κ3) is 8.07. The lowest BCUT2D eigenvalue weighted by atomic mass is 9.88. The molecule has 226 valence electrons. The molecule has 0 spiro atoms. The summed E-state index contributed by atoms with van der Waals surface area (Å²) in [6.07, 6.45) is 3.25. The molecule has 0 amide bonds. The van der Waals surface area contributed by atoms with Crippen molar-refractivity contribution >= 4 is 16.0 Å². The van der Waals surface area contributed by atoms with Crippen molar-refractivity contribution in [3.63, 3.8) is 0 Å². The number of carbonyl (C=O) groups is 1. The van der Waals surface area contributed by atoms with E-state index in [1.54, 1.807) is 18.2 Å². The van der Waals surface area contributed by atoms with E-state index in [-0.39, 0.29) is 17.0 Å². The second-order valence-corrected chi connectivity index (χ2v) is 14.4. The third-order valence-electron chi connectivity index (χ3n) is 8.37. The Morgan fingerprint density at radius 3 is 2.24 bits per heavy atom. The molecule has 7 nitrogen and oxygen atoms in total. The first kappa shape index (κ1) is 31.9. The molecule has 0 aromatic heterocycles. The van der Waals surface area contributed by atoms with Crippen molar-refractivity contribution in [3.8, 4) is 11.1 Å². The Morgan fingerprint density at radius 1 is 1.00 bits per heavy atom. The zero-order valence-electron chi connectivity index (χ0n) is 25.1. The Labute approximate surface area is 250 Å². The van der Waals surface area contributed by atoms with Crippen LogP contribution in [0.2, 0.25) is 0 Å². The lowest BCUT2D eigenvalue weighted by molar-refractivity contribution is -0.141. The van der Waals surface area contributed by atoms with E-state index >= 15 is 0 Å². The smallest absolute Gasteiger partial charge is 0.306 e. The Bertz CT molecular complexity index is 1440. The zero-order valence-corrected chi connectivity index (χ0v) is 25.9. The van der Waals surface area contributed by atoms with Crippen molar-refractivity contribution in [2.75, 3.05) is 20.1 Å². The molecule has 3 N–H and O–H groups in total. The molecule has 1 aliphatic carbocycles. The number of fused-ring (bicyclic) bond motifs is 1. The van der Waals surface area contributed by atoms with Gasteiger partial charge in [0.1, 0.15) is 0 Å². The molecule has 42 heavy (non-hydrogen) atoms. The number of benzene rings is 3. The minimum atomic E-state index is -3.82. The van der Waals surface area contributed by atoms with Gasteiger partial charge in [0, 0.05) is 25.7 Å². The number of β-amino-alcohol motifs (C(OH)–C–C–N with tert-alkyl or cyclic N) is 1. The summed E-state index contributed by atoms with van der Waals surface area (Å²) in [5, 5.41) is 23.6. The van der Waals surface area contributed by atoms with Crippen LogP contribution in [-0.4, -0.2) is 60.7 Å². The van der Waals surface area contributed by atoms with Crippen molar-refractivity contribution in [2.24, 2.45) is 11.8 Å². The molecule has 1 unspecified atom stereocenters. The fraction of sp³-hybridized carbons (Fsp3) is 0.441. The number of aliphatic carboxylic acids is 1. The van der Waals surface area contributed by atoms with Gasteiger partial charge in [0.05, 0.1) is 16.9 Å². The van der Waals surface area contributed by atoms with Gasteiger partial charge in [0.25, 0.3) is 0 Å². The number of carboxylic acids is 1. The van der Waals surface area contributed by atoms with E-state index in [1.807, 2.05) is 37.3 Å². The lowest BCUT2D eigenvalue weighted by Gasteiger charge is -2.31. The van der Waals surface area contributed by atoms with Gasteiger partial charge in [0.15, 0.2) is 0 Å². The van der Waals surface area contributed by atoms with Crippen LogP contribution in [0.5, 0.6) is 0 Å². The molecule has 1 aliphatic rings. The fourth-order valence-electron chi connectivity index (χ4n) is 5.98. The molecule has 0 saturated heterocycles. The minimum Gasteiger partial charge on any atom is -0.481 e. The lowest BCUT2D eigenvalue weighted by Crippen LogP contribution is -2.47. The van der Waals surface area contributed by atoms with E-state index in [1.165, 1.54) is 22.5 Å². The normalized spacial score (nSPS) is 15.5. The number of hydrogen-bond donors (Lipinski definition) is 3. The van der Waals surface area contributed by atoms with Gasteiger partial charge >= 0.3 is 5.97 Å². The van der Waals surface area contributed by atoms with Crippen LogP contribution in [-0.2, 0) is 34.1 Å². The molecule has 0 aliphatic heterocycles. The zero-order chi connectivity index (χ0) is 30.5. The van der Waals surface area contributed by atoms with Crippen LogP contribution >= 0.6 is 0 Å². The average Bonchev–Trinajstić information content (AvgIpc) is 3.36. The van der Waals surface area contributed by atoms with Crippen LogP contribution in [0.15, 0.2) is 77.7 Å². The number of sulfonamides is 1. The molecule has 0 radical (unpaired) electrons. The van der Waals surface area contributed by atoms with E-state index in [2.05, 4.69) is 43.4 Å². The van der Waals surface area contributed by atoms with Crippen LogP contribution < -0.4 is 5.32 Å². The number of likely N-dealkylation sites (N-methyl/N-ethyl adjacent to an activating group) is 1. The molecule has 0 saturated carbocycles. The molecule has 0 fully saturated rings. The molecule has 0 heterocycles. The maximum atomic E-state index is 13.4. The van der Waals surface area contributed by atoms with Crippen molar-refractivity contribution in [1.82, 2.24) is 9.62 Å². The standard InChI is InChI=1S/C34H44N2O5S/c1-5-26(33(38)39)17-24-13-15-27(16-14-24)30-11-8-12-32(20-30)42(40,41)36(4)23-31(37)22-35-34(2,3)21-25-18-28-9-6-7-10-29(28)19-25/h6-16,20,25-26,31,35,37H,5,17-19,21-23H2,1-4H3,(H,38,39)/t26-,31?/m1/s1. The average molecular weight is 593 g/mol. The maximum absolute atomic E-state index is 13.4. The largest absolute Gasteiger partial charge is 0.481 e. The maximum Gasteiger partial charge on any atom is 0.306 e. The van der Waals surface area contributed by atoms with Gasteiger partial charge in [-0.3, -0.25) is 4.79 Å². The van der Waals surface area contributed by atoms with Gasteiger partial charge in [-0.05, 0) is 91.8 Å². The van der Waals surface area contributed by atoms with E-state index in [0.29, 0.717) is 25.3 Å². The summed E-state index contributed by atoms with van der Waals surface area (Å²) < 4.78 is 28.0. The fourth-order valence-corrected chi connectivity index (χ4v) is 7.24. The first-order valence-corrected chi connectivity index (χ1v) is 16.2. The molecule has 3 aromatic carbocycles. The molecular formula is C34H44N2O5S. The quantitative estimate of drug-likeness (QED) is 0.239. The second kappa shape index (κ2) is 13.5. The Hall–Kier alpha value is -3.04. The van der Waals surface area contributed by atoms with E-state index in [0.717, 1.165) is 36.0 Å². The van der Waals surface area contributed by atoms with Crippen molar-refractivity contribution in [2.45, 2.75) is 69.4 Å². The summed E-state index contributed by atoms with van der Waals surface area (Å²) in [4.78, 5) is 11.5. The molecule has 2 atom stereocenters. The van der Waals surface area contributed by atoms with Crippen LogP contribution in [0.1, 0.15) is 50.3 Å². The number of nitrogens with zero attached hydrogens (tertiary/aromatic N) is 1. The number of nitrogens with one attached hydrogen (secondary N) is 1. The second-order valence-electron chi connectivity index (χ2n) is 12.3. The highest BCUT2D eigenvalue weighted by Crippen LogP contribution is 2.32. The highest BCUT2D eigenvalue weighted by atomic mass is 32.2. The predicted octanol–water partition coefficient (Wildman–Crippen LogP) is 5.16. The number of aliphatic hydroxyl groups is 1. The monoisotopic (exact) mass is 592 g/mol. The summed E-state index contributed by atoms with van der Waals surface area (Å²) in [6.45, 7) is 6.40. The summed E-state index contributed by atoms with van der Waals surface area (Å²) in [5.74, 6) is -0.683. The Morgan fingerprint density at radius 2 is 1.64 bits per heavy atom. The summed E-state index contributed by atoms with van der Waals surface area (Å²) in [7, 11) is -2.33. The summed E-state index contributed by atoms with van der Waals surface area (Å²) in [5.41, 5.74) is 5.17. The van der Waals surface area contributed by atoms with Crippen molar-refractivity contribution in [3.05, 3.63) is 89.5 Å². The van der Waals surface area contributed by atoms with E-state index < -0.39 is 28.0 Å². The van der Waals surface area contributed by atoms with Gasteiger partial charge < -0.3 is 15.5 Å². The Balaban J connectivity index is 1.33. The van der Waals surface area contributed by atoms with E-state index in [9.17, 15) is 23.4 Å². The molecule has 8 heteroatoms. The predicted molar refractivity (Wildman–Crippen MR) is 167 cm³/mol. The highest BCUT2D eigenvalue weighted by molar-refractivity contribution is 7.89. The first-order chi connectivity index (χ1) is 19.9. The number of rotatable bonds is 14. The number of aliphatic hydroxyl groups excluding tert-OH is 1. The Kier molecular flexibility index (Phi) is 10.3. The van der Waals surface area contributed by atoms with Crippen LogP contribution in [0.25, 0.3) is 11.1 Å². The third-order valence-corrected chi connectivity index (χ3v) is 10.2. The van der Waals surface area contributed by atoms with Gasteiger partial charge in [-0.15, -0.1) is 0 Å². The van der Waals surface area contributed by atoms with Crippen molar-refractivity contribution < 1.29 is 23.4 Å². The molecule has 4 rings (SSSR count). The topological polar surface area (TPSA) is 107 Å². The molecule has 3 aromatic rings. The van der Waals surface area contributed by atoms with Crippen LogP contribution in [0.4, 0.5) is 0 Å². The van der Waals surface area contributed by atoms with Gasteiger partial charge in [-0.2, -0.15) is 4.31 Å². The molecule has 0 bridgehead atoms. The van der Waals surface area contributed by atoms with Gasteiger partial charge in [-0.25, -0.2) is 8.42 Å².